The van der Waals surface area contributed by atoms with Gasteiger partial charge in [0.1, 0.15) is 24.4 Å². The number of hydrogen-bond donors (Lipinski definition) is 1. The molecule has 9 heteroatoms. The van der Waals surface area contributed by atoms with Gasteiger partial charge in [-0.2, -0.15) is 11.8 Å². The number of rotatable bonds is 16. The van der Waals surface area contributed by atoms with E-state index < -0.39 is 24.1 Å². The first-order chi connectivity index (χ1) is 16.3. The first-order valence-corrected chi connectivity index (χ1v) is 12.7. The van der Waals surface area contributed by atoms with Crippen molar-refractivity contribution in [2.24, 2.45) is 5.41 Å². The van der Waals surface area contributed by atoms with Gasteiger partial charge in [0.15, 0.2) is 0 Å². The number of aliphatic hydroxyl groups excluding tert-OH is 1. The van der Waals surface area contributed by atoms with E-state index in [1.165, 1.54) is 14.0 Å². The second-order valence-electron chi connectivity index (χ2n) is 7.74. The molecule has 0 bridgehead atoms. The van der Waals surface area contributed by atoms with E-state index in [2.05, 4.69) is 11.7 Å². The predicted octanol–water partition coefficient (Wildman–Crippen LogP) is 4.07. The zero-order valence-corrected chi connectivity index (χ0v) is 21.7. The lowest BCUT2D eigenvalue weighted by atomic mass is 9.93. The van der Waals surface area contributed by atoms with Gasteiger partial charge in [-0.1, -0.05) is 44.2 Å². The molecule has 0 spiro atoms. The van der Waals surface area contributed by atoms with Crippen molar-refractivity contribution in [2.75, 3.05) is 51.6 Å². The van der Waals surface area contributed by atoms with E-state index in [1.807, 2.05) is 49.0 Å². The topological polar surface area (TPSA) is 108 Å². The molecular weight excluding hydrogens is 460 g/mol. The molecule has 34 heavy (non-hydrogen) atoms. The fraction of sp³-hybridized carbons (Fsp3) is 0.640. The summed E-state index contributed by atoms with van der Waals surface area (Å²) in [5.74, 6) is 2.00. The molecule has 0 heterocycles. The lowest BCUT2D eigenvalue weighted by Crippen LogP contribution is -2.39. The zero-order chi connectivity index (χ0) is 25.7. The number of Topliss-reactive ketones (excluding diaryl/α,β-unsaturated/α-hetero) is 1. The second kappa shape index (κ2) is 20.3. The predicted molar refractivity (Wildman–Crippen MR) is 133 cm³/mol. The number of benzene rings is 1. The van der Waals surface area contributed by atoms with E-state index in [0.29, 0.717) is 18.6 Å². The molecular formula is C25H40O8S. The van der Waals surface area contributed by atoms with E-state index in [9.17, 15) is 19.5 Å². The Balaban J connectivity index is 0.000000657. The van der Waals surface area contributed by atoms with Crippen LogP contribution in [0.25, 0.3) is 0 Å². The summed E-state index contributed by atoms with van der Waals surface area (Å²) in [7, 11) is 1.47. The highest BCUT2D eigenvalue weighted by molar-refractivity contribution is 7.99. The Labute approximate surface area is 207 Å². The Morgan fingerprint density at radius 1 is 1.00 bits per heavy atom. The van der Waals surface area contributed by atoms with Crippen LogP contribution in [-0.4, -0.2) is 74.7 Å². The Bertz CT molecular complexity index is 683. The highest BCUT2D eigenvalue weighted by Crippen LogP contribution is 2.19. The first kappa shape index (κ1) is 31.9. The van der Waals surface area contributed by atoms with Gasteiger partial charge in [-0.05, 0) is 36.8 Å². The summed E-state index contributed by atoms with van der Waals surface area (Å²) in [4.78, 5) is 34.4. The van der Waals surface area contributed by atoms with Gasteiger partial charge in [-0.15, -0.1) is 0 Å². The van der Waals surface area contributed by atoms with E-state index in [0.717, 1.165) is 29.9 Å². The number of aliphatic hydroxyl groups is 1. The summed E-state index contributed by atoms with van der Waals surface area (Å²) in [6.45, 7) is 5.24. The quantitative estimate of drug-likeness (QED) is 0.265. The van der Waals surface area contributed by atoms with Crippen LogP contribution < -0.4 is 0 Å². The van der Waals surface area contributed by atoms with Gasteiger partial charge in [0, 0.05) is 20.0 Å². The van der Waals surface area contributed by atoms with Crippen LogP contribution >= 0.6 is 11.8 Å². The molecule has 1 atom stereocenters. The molecule has 1 aromatic carbocycles. The maximum atomic E-state index is 11.7. The normalized spacial score (nSPS) is 12.0. The Hall–Kier alpha value is -2.10. The fourth-order valence-corrected chi connectivity index (χ4v) is 3.07. The molecule has 0 saturated carbocycles. The van der Waals surface area contributed by atoms with Crippen LogP contribution in [0.4, 0.5) is 4.79 Å². The molecule has 0 aliphatic rings. The number of carbonyl (C=O) groups excluding carboxylic acids is 3. The molecule has 0 aromatic heterocycles. The largest absolute Gasteiger partial charge is 0.508 e. The van der Waals surface area contributed by atoms with Gasteiger partial charge in [0.05, 0.1) is 19.8 Å². The average molecular weight is 501 g/mol. The second-order valence-corrected chi connectivity index (χ2v) is 9.13. The lowest BCUT2D eigenvalue weighted by molar-refractivity contribution is -0.160. The van der Waals surface area contributed by atoms with Crippen LogP contribution in [0.5, 0.6) is 0 Å². The number of hydrogen-bond acceptors (Lipinski definition) is 9. The molecule has 1 rings (SSSR count). The van der Waals surface area contributed by atoms with Crippen molar-refractivity contribution in [3.63, 3.8) is 0 Å². The van der Waals surface area contributed by atoms with Crippen LogP contribution in [-0.2, 0) is 35.0 Å². The SMILES string of the molecule is CCCOC(=O)C(C)(CO)COC(=O)OCCOC.CCSCCCC(=O)Cc1ccccc1. The van der Waals surface area contributed by atoms with Gasteiger partial charge in [0.2, 0.25) is 0 Å². The summed E-state index contributed by atoms with van der Waals surface area (Å²) in [5.41, 5.74) is -0.152. The Morgan fingerprint density at radius 2 is 1.71 bits per heavy atom. The maximum Gasteiger partial charge on any atom is 0.508 e. The fourth-order valence-electron chi connectivity index (χ4n) is 2.43. The molecule has 1 unspecified atom stereocenters. The van der Waals surface area contributed by atoms with Crippen molar-refractivity contribution < 1.29 is 38.4 Å². The van der Waals surface area contributed by atoms with E-state index >= 15 is 0 Å². The van der Waals surface area contributed by atoms with Gasteiger partial charge >= 0.3 is 12.1 Å². The van der Waals surface area contributed by atoms with E-state index in [-0.39, 0.29) is 26.4 Å². The van der Waals surface area contributed by atoms with Crippen molar-refractivity contribution in [3.8, 4) is 0 Å². The number of carbonyl (C=O) groups is 3. The standard InChI is InChI=1S/C13H18OS.C12H22O7/c1-2-15-10-6-9-13(14)11-12-7-4-3-5-8-12;1-4-5-17-10(14)12(2,8-13)9-19-11(15)18-7-6-16-3/h3-5,7-8H,2,6,9-11H2,1H3;13H,4-9H2,1-3H3. The molecule has 194 valence electrons. The Kier molecular flexibility index (Phi) is 19.0. The van der Waals surface area contributed by atoms with Crippen molar-refractivity contribution in [2.45, 2.75) is 46.5 Å². The third-order valence-corrected chi connectivity index (χ3v) is 5.47. The Morgan fingerprint density at radius 3 is 2.29 bits per heavy atom. The summed E-state index contributed by atoms with van der Waals surface area (Å²) in [6, 6.07) is 9.97. The molecule has 0 aliphatic carbocycles. The molecule has 0 saturated heterocycles. The number of esters is 1. The van der Waals surface area contributed by atoms with Gasteiger partial charge in [0.25, 0.3) is 0 Å². The molecule has 0 aliphatic heterocycles. The van der Waals surface area contributed by atoms with Crippen LogP contribution in [0.1, 0.15) is 45.6 Å². The first-order valence-electron chi connectivity index (χ1n) is 11.5. The van der Waals surface area contributed by atoms with Crippen LogP contribution in [0, 0.1) is 5.41 Å². The highest BCUT2D eigenvalue weighted by atomic mass is 32.2. The van der Waals surface area contributed by atoms with Crippen molar-refractivity contribution in [1.29, 1.82) is 0 Å². The summed E-state index contributed by atoms with van der Waals surface area (Å²) < 4.78 is 19.1. The number of methoxy groups -OCH3 is 1. The summed E-state index contributed by atoms with van der Waals surface area (Å²) in [6.07, 6.45) is 2.09. The summed E-state index contributed by atoms with van der Waals surface area (Å²) >= 11 is 1.90. The average Bonchev–Trinajstić information content (AvgIpc) is 2.85. The molecule has 1 aromatic rings. The van der Waals surface area contributed by atoms with Crippen LogP contribution in [0.15, 0.2) is 30.3 Å². The molecule has 1 N–H and O–H groups in total. The van der Waals surface area contributed by atoms with Crippen molar-refractivity contribution in [1.82, 2.24) is 0 Å². The van der Waals surface area contributed by atoms with Crippen molar-refractivity contribution >= 4 is 29.7 Å². The van der Waals surface area contributed by atoms with Gasteiger partial charge in [-0.3, -0.25) is 9.59 Å². The number of thioether (sulfide) groups is 1. The van der Waals surface area contributed by atoms with Gasteiger partial charge < -0.3 is 24.1 Å². The third-order valence-electron chi connectivity index (χ3n) is 4.49. The number of ether oxygens (including phenoxy) is 4. The van der Waals surface area contributed by atoms with E-state index in [1.54, 1.807) is 0 Å². The smallest absolute Gasteiger partial charge is 0.465 e. The van der Waals surface area contributed by atoms with Gasteiger partial charge in [-0.25, -0.2) is 4.79 Å². The van der Waals surface area contributed by atoms with Crippen molar-refractivity contribution in [3.05, 3.63) is 35.9 Å². The van der Waals surface area contributed by atoms with Crippen LogP contribution in [0.3, 0.4) is 0 Å². The monoisotopic (exact) mass is 500 g/mol. The maximum absolute atomic E-state index is 11.7. The molecule has 0 radical (unpaired) electrons. The molecule has 8 nitrogen and oxygen atoms in total. The zero-order valence-electron chi connectivity index (χ0n) is 20.9. The minimum Gasteiger partial charge on any atom is -0.465 e. The van der Waals surface area contributed by atoms with E-state index in [4.69, 9.17) is 14.2 Å². The minimum absolute atomic E-state index is 0.0610. The number of ketones is 1. The molecule has 0 fully saturated rings. The lowest BCUT2D eigenvalue weighted by Gasteiger charge is -2.24. The summed E-state index contributed by atoms with van der Waals surface area (Å²) in [5, 5.41) is 9.23. The molecule has 0 amide bonds. The minimum atomic E-state index is -1.28. The van der Waals surface area contributed by atoms with Crippen LogP contribution in [0.2, 0.25) is 0 Å². The highest BCUT2D eigenvalue weighted by Gasteiger charge is 2.36. The third kappa shape index (κ3) is 15.7.